The second-order valence-electron chi connectivity index (χ2n) is 10.7. The molecule has 1 saturated heterocycles. The number of aromatic nitrogens is 3. The zero-order valence-electron chi connectivity index (χ0n) is 21.0. The van der Waals surface area contributed by atoms with E-state index in [1.807, 2.05) is 48.9 Å². The molecule has 37 heavy (non-hydrogen) atoms. The number of rotatable bonds is 7. The van der Waals surface area contributed by atoms with Crippen LogP contribution in [0.1, 0.15) is 50.0 Å². The highest BCUT2D eigenvalue weighted by Crippen LogP contribution is 2.40. The van der Waals surface area contributed by atoms with Gasteiger partial charge >= 0.3 is 0 Å². The Balaban J connectivity index is 1.03. The SMILES string of the molecule is O=C(CN1CCCC(COc2ccc(Cl)cc2)C1)C1CCC(c2cnc3ncc4[nH]cccc4c23)CC1. The number of pyridine rings is 2. The van der Waals surface area contributed by atoms with E-state index in [1.165, 1.54) is 16.3 Å². The summed E-state index contributed by atoms with van der Waals surface area (Å²) in [5, 5.41) is 3.06. The summed E-state index contributed by atoms with van der Waals surface area (Å²) in [5.41, 5.74) is 3.14. The Hall–Kier alpha value is -2.96. The molecule has 2 aliphatic rings. The highest BCUT2D eigenvalue weighted by Gasteiger charge is 2.31. The van der Waals surface area contributed by atoms with Crippen molar-refractivity contribution in [2.45, 2.75) is 44.4 Å². The molecule has 192 valence electrons. The maximum Gasteiger partial charge on any atom is 0.160 e. The number of carbonyl (C=O) groups excluding carboxylic acids is 1. The number of ether oxygens (including phenoxy) is 1. The summed E-state index contributed by atoms with van der Waals surface area (Å²) in [4.78, 5) is 28.1. The number of H-pyrrole nitrogens is 1. The van der Waals surface area contributed by atoms with Crippen LogP contribution in [0.3, 0.4) is 0 Å². The predicted molar refractivity (Wildman–Crippen MR) is 147 cm³/mol. The summed E-state index contributed by atoms with van der Waals surface area (Å²) in [6.07, 6.45) is 12.0. The maximum atomic E-state index is 13.3. The first kappa shape index (κ1) is 24.4. The van der Waals surface area contributed by atoms with Crippen LogP contribution in [0.2, 0.25) is 5.02 Å². The van der Waals surface area contributed by atoms with Gasteiger partial charge < -0.3 is 9.72 Å². The van der Waals surface area contributed by atoms with Crippen molar-refractivity contribution in [2.75, 3.05) is 26.2 Å². The molecular weight excluding hydrogens is 484 g/mol. The number of hydrogen-bond donors (Lipinski definition) is 1. The van der Waals surface area contributed by atoms with Gasteiger partial charge in [0.05, 0.1) is 24.9 Å². The molecule has 0 amide bonds. The molecule has 1 saturated carbocycles. The first-order valence-corrected chi connectivity index (χ1v) is 13.9. The van der Waals surface area contributed by atoms with Crippen LogP contribution in [0.25, 0.3) is 21.9 Å². The molecule has 1 atom stereocenters. The monoisotopic (exact) mass is 516 g/mol. The number of piperidine rings is 1. The van der Waals surface area contributed by atoms with Gasteiger partial charge in [0.15, 0.2) is 5.65 Å². The largest absolute Gasteiger partial charge is 0.493 e. The van der Waals surface area contributed by atoms with Crippen LogP contribution in [0.5, 0.6) is 5.75 Å². The van der Waals surface area contributed by atoms with Gasteiger partial charge in [0.2, 0.25) is 0 Å². The molecule has 3 aromatic heterocycles. The Bertz CT molecular complexity index is 1380. The number of nitrogens with one attached hydrogen (secondary N) is 1. The third kappa shape index (κ3) is 5.36. The van der Waals surface area contributed by atoms with Crippen molar-refractivity contribution in [1.29, 1.82) is 0 Å². The molecule has 1 aliphatic carbocycles. The molecule has 7 heteroatoms. The Kier molecular flexibility index (Phi) is 7.12. The van der Waals surface area contributed by atoms with E-state index in [4.69, 9.17) is 16.3 Å². The molecule has 0 bridgehead atoms. The Morgan fingerprint density at radius 3 is 2.70 bits per heavy atom. The fourth-order valence-corrected chi connectivity index (χ4v) is 6.35. The van der Waals surface area contributed by atoms with Gasteiger partial charge in [-0.2, -0.15) is 0 Å². The summed E-state index contributed by atoms with van der Waals surface area (Å²) in [6, 6.07) is 11.7. The van der Waals surface area contributed by atoms with Crippen molar-refractivity contribution < 1.29 is 9.53 Å². The molecule has 6 rings (SSSR count). The average molecular weight is 517 g/mol. The number of hydrogen-bond acceptors (Lipinski definition) is 5. The summed E-state index contributed by atoms with van der Waals surface area (Å²) < 4.78 is 5.99. The zero-order valence-corrected chi connectivity index (χ0v) is 21.8. The molecule has 0 radical (unpaired) electrons. The summed E-state index contributed by atoms with van der Waals surface area (Å²) >= 11 is 5.97. The zero-order chi connectivity index (χ0) is 25.2. The maximum absolute atomic E-state index is 13.3. The second-order valence-corrected chi connectivity index (χ2v) is 11.1. The lowest BCUT2D eigenvalue weighted by molar-refractivity contribution is -0.125. The molecule has 1 N–H and O–H groups in total. The van der Waals surface area contributed by atoms with Crippen LogP contribution in [-0.4, -0.2) is 51.9 Å². The fraction of sp³-hybridized carbons (Fsp3) is 0.433. The van der Waals surface area contributed by atoms with E-state index in [2.05, 4.69) is 25.9 Å². The lowest BCUT2D eigenvalue weighted by Crippen LogP contribution is -2.42. The number of ketones is 1. The van der Waals surface area contributed by atoms with Crippen LogP contribution in [-0.2, 0) is 4.79 Å². The van der Waals surface area contributed by atoms with Crippen LogP contribution in [0.15, 0.2) is 55.0 Å². The van der Waals surface area contributed by atoms with E-state index >= 15 is 0 Å². The molecule has 1 aliphatic heterocycles. The first-order valence-electron chi connectivity index (χ1n) is 13.5. The van der Waals surface area contributed by atoms with Gasteiger partial charge in [-0.15, -0.1) is 0 Å². The van der Waals surface area contributed by atoms with Crippen molar-refractivity contribution in [2.24, 2.45) is 11.8 Å². The first-order chi connectivity index (χ1) is 18.1. The minimum atomic E-state index is 0.166. The topological polar surface area (TPSA) is 71.1 Å². The van der Waals surface area contributed by atoms with E-state index in [-0.39, 0.29) is 5.92 Å². The number of benzene rings is 1. The van der Waals surface area contributed by atoms with Crippen molar-refractivity contribution in [3.63, 3.8) is 0 Å². The molecule has 4 heterocycles. The summed E-state index contributed by atoms with van der Waals surface area (Å²) in [7, 11) is 0. The lowest BCUT2D eigenvalue weighted by atomic mass is 9.77. The highest BCUT2D eigenvalue weighted by atomic mass is 35.5. The Morgan fingerprint density at radius 2 is 1.86 bits per heavy atom. The van der Waals surface area contributed by atoms with Crippen LogP contribution < -0.4 is 4.74 Å². The fourth-order valence-electron chi connectivity index (χ4n) is 6.22. The number of fused-ring (bicyclic) bond motifs is 3. The molecule has 1 unspecified atom stereocenters. The molecule has 0 spiro atoms. The number of likely N-dealkylation sites (tertiary alicyclic amines) is 1. The van der Waals surface area contributed by atoms with Crippen molar-refractivity contribution in [3.05, 3.63) is 65.6 Å². The van der Waals surface area contributed by atoms with Gasteiger partial charge in [-0.3, -0.25) is 9.69 Å². The highest BCUT2D eigenvalue weighted by molar-refractivity contribution is 6.30. The number of Topliss-reactive ketones (excluding diaryl/α,β-unsaturated/α-hetero) is 1. The number of halogens is 1. The van der Waals surface area contributed by atoms with Gasteiger partial charge in [-0.1, -0.05) is 17.7 Å². The second kappa shape index (κ2) is 10.8. The van der Waals surface area contributed by atoms with Gasteiger partial charge in [0.1, 0.15) is 11.5 Å². The van der Waals surface area contributed by atoms with Gasteiger partial charge in [0.25, 0.3) is 0 Å². The number of carbonyl (C=O) groups is 1. The van der Waals surface area contributed by atoms with Gasteiger partial charge in [0, 0.05) is 46.6 Å². The Morgan fingerprint density at radius 1 is 1.05 bits per heavy atom. The van der Waals surface area contributed by atoms with Crippen molar-refractivity contribution >= 4 is 39.3 Å². The third-order valence-electron chi connectivity index (χ3n) is 8.22. The van der Waals surface area contributed by atoms with Gasteiger partial charge in [-0.25, -0.2) is 9.97 Å². The molecular formula is C30H33ClN4O2. The number of aromatic amines is 1. The minimum absolute atomic E-state index is 0.166. The minimum Gasteiger partial charge on any atom is -0.493 e. The molecule has 2 fully saturated rings. The van der Waals surface area contributed by atoms with E-state index in [1.54, 1.807) is 0 Å². The standard InChI is InChI=1S/C30H33ClN4O2/c31-23-9-11-24(12-10-23)37-19-20-3-2-14-35(17-20)18-28(36)22-7-5-21(6-8-22)26-15-33-30-29(26)25-4-1-13-32-27(25)16-34-30/h1,4,9-13,15-16,20-22,32H,2-3,5-8,14,17-19H2. The summed E-state index contributed by atoms with van der Waals surface area (Å²) in [6.45, 7) is 3.18. The normalized spacial score (nSPS) is 22.9. The molecule has 6 nitrogen and oxygen atoms in total. The van der Waals surface area contributed by atoms with Gasteiger partial charge in [-0.05, 0) is 86.9 Å². The van der Waals surface area contributed by atoms with Crippen LogP contribution in [0, 0.1) is 11.8 Å². The van der Waals surface area contributed by atoms with E-state index in [9.17, 15) is 4.79 Å². The number of nitrogens with zero attached hydrogens (tertiary/aromatic N) is 3. The third-order valence-corrected chi connectivity index (χ3v) is 8.47. The van der Waals surface area contributed by atoms with Crippen LogP contribution in [0.4, 0.5) is 0 Å². The van der Waals surface area contributed by atoms with E-state index in [0.29, 0.717) is 35.8 Å². The average Bonchev–Trinajstić information content (AvgIpc) is 3.38. The van der Waals surface area contributed by atoms with E-state index < -0.39 is 0 Å². The smallest absolute Gasteiger partial charge is 0.160 e. The van der Waals surface area contributed by atoms with Crippen LogP contribution >= 0.6 is 11.6 Å². The lowest BCUT2D eigenvalue weighted by Gasteiger charge is -2.34. The quantitative estimate of drug-likeness (QED) is 0.308. The van der Waals surface area contributed by atoms with Crippen molar-refractivity contribution in [1.82, 2.24) is 19.9 Å². The summed E-state index contributed by atoms with van der Waals surface area (Å²) in [5.74, 6) is 2.31. The van der Waals surface area contributed by atoms with E-state index in [0.717, 1.165) is 68.5 Å². The molecule has 4 aromatic rings. The molecule has 1 aromatic carbocycles. The Labute approximate surface area is 222 Å². The predicted octanol–water partition coefficient (Wildman–Crippen LogP) is 6.40. The van der Waals surface area contributed by atoms with Crippen molar-refractivity contribution in [3.8, 4) is 5.75 Å².